The Kier molecular flexibility index (Phi) is 13.4. The Labute approximate surface area is 277 Å². The molecule has 0 aliphatic carbocycles. The smallest absolute Gasteiger partial charge is 0.467 e. The third-order valence-corrected chi connectivity index (χ3v) is 7.17. The molecule has 2 aromatic rings. The predicted octanol–water partition coefficient (Wildman–Crippen LogP) is 2.53. The number of hydrogen-bond acceptors (Lipinski definition) is 17. The van der Waals surface area contributed by atoms with Gasteiger partial charge < -0.3 is 61.8 Å². The van der Waals surface area contributed by atoms with Crippen molar-refractivity contribution >= 4 is 22.1 Å². The molecule has 21 heteroatoms. The van der Waals surface area contributed by atoms with Crippen molar-refractivity contribution in [1.82, 2.24) is 0 Å². The van der Waals surface area contributed by atoms with E-state index >= 15 is 0 Å². The number of halogens is 3. The molecule has 2 aromatic carbocycles. The SMILES string of the molecule is CCOC(=O)C(O)c1cc(OCOC)c(C)c2c1OCO2.CCOC(=O)C(O)c1cc(OCOC)c(OS(=O)(=O)C(F)(F)F)c2c1OCO2. The van der Waals surface area contributed by atoms with E-state index in [9.17, 15) is 41.4 Å². The summed E-state index contributed by atoms with van der Waals surface area (Å²) in [6.45, 7) is 4.03. The summed E-state index contributed by atoms with van der Waals surface area (Å²) in [5.41, 5.74) is -5.08. The first-order valence-corrected chi connectivity index (χ1v) is 15.4. The zero-order chi connectivity index (χ0) is 36.5. The van der Waals surface area contributed by atoms with Crippen molar-refractivity contribution in [2.45, 2.75) is 38.5 Å². The van der Waals surface area contributed by atoms with Crippen molar-refractivity contribution in [1.29, 1.82) is 0 Å². The van der Waals surface area contributed by atoms with Crippen molar-refractivity contribution in [3.8, 4) is 40.2 Å². The molecular weight excluding hydrogens is 697 g/mol. The van der Waals surface area contributed by atoms with Crippen LogP contribution in [-0.4, -0.2) is 90.7 Å². The van der Waals surface area contributed by atoms with Gasteiger partial charge in [-0.15, -0.1) is 0 Å². The fraction of sp³-hybridized carbons (Fsp3) is 0.500. The number of aliphatic hydroxyl groups is 2. The van der Waals surface area contributed by atoms with Crippen LogP contribution in [-0.2, 0) is 38.7 Å². The first-order valence-electron chi connectivity index (χ1n) is 14.0. The first kappa shape index (κ1) is 39.0. The fourth-order valence-electron chi connectivity index (χ4n) is 4.08. The van der Waals surface area contributed by atoms with Gasteiger partial charge in [-0.25, -0.2) is 9.59 Å². The van der Waals surface area contributed by atoms with Crippen molar-refractivity contribution in [3.05, 3.63) is 28.8 Å². The van der Waals surface area contributed by atoms with E-state index in [-0.39, 0.29) is 37.9 Å². The van der Waals surface area contributed by atoms with Crippen molar-refractivity contribution in [2.75, 3.05) is 54.6 Å². The van der Waals surface area contributed by atoms with Crippen LogP contribution in [0.2, 0.25) is 0 Å². The summed E-state index contributed by atoms with van der Waals surface area (Å²) in [5.74, 6) is -3.23. The third-order valence-electron chi connectivity index (χ3n) is 6.21. The molecule has 0 saturated carbocycles. The van der Waals surface area contributed by atoms with E-state index in [2.05, 4.69) is 13.7 Å². The van der Waals surface area contributed by atoms with Crippen LogP contribution in [0.5, 0.6) is 40.2 Å². The van der Waals surface area contributed by atoms with Crippen LogP contribution >= 0.6 is 0 Å². The summed E-state index contributed by atoms with van der Waals surface area (Å²) in [6, 6.07) is 2.39. The lowest BCUT2D eigenvalue weighted by Crippen LogP contribution is -2.28. The Bertz CT molecular complexity index is 1600. The van der Waals surface area contributed by atoms with Crippen LogP contribution in [0.4, 0.5) is 13.2 Å². The summed E-state index contributed by atoms with van der Waals surface area (Å²) in [5, 5.41) is 20.3. The summed E-state index contributed by atoms with van der Waals surface area (Å²) < 4.78 is 115. The second-order valence-electron chi connectivity index (χ2n) is 9.41. The van der Waals surface area contributed by atoms with Gasteiger partial charge in [0.1, 0.15) is 5.75 Å². The maximum atomic E-state index is 12.7. The molecule has 2 N–H and O–H groups in total. The topological polar surface area (TPSA) is 210 Å². The number of rotatable bonds is 14. The minimum Gasteiger partial charge on any atom is -0.467 e. The van der Waals surface area contributed by atoms with Gasteiger partial charge in [-0.1, -0.05) is 0 Å². The quantitative estimate of drug-likeness (QED) is 0.124. The highest BCUT2D eigenvalue weighted by molar-refractivity contribution is 7.88. The van der Waals surface area contributed by atoms with Gasteiger partial charge in [0, 0.05) is 30.9 Å². The maximum Gasteiger partial charge on any atom is 0.534 e. The second kappa shape index (κ2) is 16.8. The monoisotopic (exact) mass is 730 g/mol. The average molecular weight is 731 g/mol. The van der Waals surface area contributed by atoms with Crippen LogP contribution in [0, 0.1) is 6.92 Å². The van der Waals surface area contributed by atoms with Gasteiger partial charge in [0.15, 0.2) is 48.8 Å². The molecule has 274 valence electrons. The molecule has 0 aromatic heterocycles. The molecule has 0 amide bonds. The molecule has 4 rings (SSSR count). The number of benzene rings is 2. The van der Waals surface area contributed by atoms with Gasteiger partial charge in [-0.3, -0.25) is 0 Å². The maximum absolute atomic E-state index is 12.7. The average Bonchev–Trinajstić information content (AvgIpc) is 3.75. The molecule has 17 nitrogen and oxygen atoms in total. The number of carbonyl (C=O) groups excluding carboxylic acids is 2. The standard InChI is InChI=1S/C14H15F3O10S.C14H18O7/c1-3-23-13(19)9(18)7-4-8(24-5-22-2)11(12-10(7)25-6-26-12)27-28(20,21)14(15,16)17;1-4-18-14(16)11(15)9-5-10(19-6-17-3)8(2)12-13(9)21-7-20-12/h4,9,18H,3,5-6H2,1-2H3;5,11,15H,4,6-7H2,1-3H3. The van der Waals surface area contributed by atoms with Gasteiger partial charge in [0.25, 0.3) is 0 Å². The highest BCUT2D eigenvalue weighted by atomic mass is 32.2. The van der Waals surface area contributed by atoms with Gasteiger partial charge in [0.2, 0.25) is 25.1 Å². The molecule has 2 atom stereocenters. The fourth-order valence-corrected chi connectivity index (χ4v) is 4.56. The Balaban J connectivity index is 0.000000276. The van der Waals surface area contributed by atoms with E-state index in [1.165, 1.54) is 27.2 Å². The summed E-state index contributed by atoms with van der Waals surface area (Å²) in [6.07, 6.45) is -3.39. The lowest BCUT2D eigenvalue weighted by molar-refractivity contribution is -0.154. The largest absolute Gasteiger partial charge is 0.534 e. The highest BCUT2D eigenvalue weighted by Gasteiger charge is 2.50. The number of carbonyl (C=O) groups is 2. The molecule has 0 saturated heterocycles. The van der Waals surface area contributed by atoms with Crippen molar-refractivity contribution in [3.63, 3.8) is 0 Å². The summed E-state index contributed by atoms with van der Waals surface area (Å²) >= 11 is 0. The van der Waals surface area contributed by atoms with Crippen LogP contribution in [0.25, 0.3) is 0 Å². The van der Waals surface area contributed by atoms with Crippen molar-refractivity contribution in [2.24, 2.45) is 0 Å². The van der Waals surface area contributed by atoms with E-state index in [1.807, 2.05) is 0 Å². The first-order chi connectivity index (χ1) is 23.1. The van der Waals surface area contributed by atoms with Crippen molar-refractivity contribution < 1.29 is 92.9 Å². The number of fused-ring (bicyclic) bond motifs is 2. The van der Waals surface area contributed by atoms with Gasteiger partial charge >= 0.3 is 27.6 Å². The minimum atomic E-state index is -6.09. The number of hydrogen-bond donors (Lipinski definition) is 2. The molecule has 2 aliphatic heterocycles. The van der Waals surface area contributed by atoms with Crippen LogP contribution in [0.1, 0.15) is 42.7 Å². The molecule has 49 heavy (non-hydrogen) atoms. The molecule has 0 fully saturated rings. The van der Waals surface area contributed by atoms with E-state index in [0.29, 0.717) is 22.8 Å². The highest BCUT2D eigenvalue weighted by Crippen LogP contribution is 2.52. The minimum absolute atomic E-state index is 0.0203. The lowest BCUT2D eigenvalue weighted by atomic mass is 10.0. The van der Waals surface area contributed by atoms with Gasteiger partial charge in [-0.2, -0.15) is 21.6 Å². The zero-order valence-electron chi connectivity index (χ0n) is 26.6. The third kappa shape index (κ3) is 8.97. The molecule has 2 heterocycles. The van der Waals surface area contributed by atoms with E-state index in [1.54, 1.807) is 13.8 Å². The summed E-state index contributed by atoms with van der Waals surface area (Å²) in [7, 11) is -3.40. The van der Waals surface area contributed by atoms with Crippen LogP contribution in [0.15, 0.2) is 12.1 Å². The Morgan fingerprint density at radius 2 is 1.22 bits per heavy atom. The predicted molar refractivity (Wildman–Crippen MR) is 154 cm³/mol. The van der Waals surface area contributed by atoms with Crippen LogP contribution < -0.4 is 32.6 Å². The number of aliphatic hydroxyl groups excluding tert-OH is 2. The van der Waals surface area contributed by atoms with E-state index < -0.39 is 76.4 Å². The molecule has 0 radical (unpaired) electrons. The Hall–Kier alpha value is -4.44. The van der Waals surface area contributed by atoms with E-state index in [0.717, 1.165) is 6.07 Å². The van der Waals surface area contributed by atoms with Gasteiger partial charge in [0.05, 0.1) is 13.2 Å². The molecular formula is C28H33F3O17S. The zero-order valence-corrected chi connectivity index (χ0v) is 27.4. The second-order valence-corrected chi connectivity index (χ2v) is 10.9. The van der Waals surface area contributed by atoms with Crippen LogP contribution in [0.3, 0.4) is 0 Å². The number of esters is 2. The molecule has 0 bridgehead atoms. The van der Waals surface area contributed by atoms with E-state index in [4.69, 9.17) is 37.9 Å². The molecule has 2 unspecified atom stereocenters. The Morgan fingerprint density at radius 1 is 0.796 bits per heavy atom. The number of methoxy groups -OCH3 is 2. The summed E-state index contributed by atoms with van der Waals surface area (Å²) in [4.78, 5) is 23.5. The van der Waals surface area contributed by atoms with Gasteiger partial charge in [-0.05, 0) is 32.9 Å². The molecule has 0 spiro atoms. The molecule has 2 aliphatic rings. The Morgan fingerprint density at radius 3 is 1.69 bits per heavy atom. The lowest BCUT2D eigenvalue weighted by Gasteiger charge is -2.18. The number of ether oxygens (including phenoxy) is 10. The number of alkyl halides is 3. The normalized spacial score (nSPS) is 14.2.